The molecule has 0 radical (unpaired) electrons. The van der Waals surface area contributed by atoms with E-state index < -0.39 is 12.0 Å². The van der Waals surface area contributed by atoms with Gasteiger partial charge in [0.15, 0.2) is 0 Å². The maximum atomic E-state index is 12.4. The van der Waals surface area contributed by atoms with Crippen molar-refractivity contribution in [3.63, 3.8) is 0 Å². The summed E-state index contributed by atoms with van der Waals surface area (Å²) >= 11 is 0. The van der Waals surface area contributed by atoms with Crippen molar-refractivity contribution in [1.82, 2.24) is 9.47 Å². The van der Waals surface area contributed by atoms with Crippen LogP contribution in [0.15, 0.2) is 23.1 Å². The van der Waals surface area contributed by atoms with Gasteiger partial charge < -0.3 is 14.6 Å². The summed E-state index contributed by atoms with van der Waals surface area (Å²) in [6.07, 6.45) is 4.50. The van der Waals surface area contributed by atoms with Crippen molar-refractivity contribution in [3.05, 3.63) is 34.2 Å². The van der Waals surface area contributed by atoms with Gasteiger partial charge in [0.1, 0.15) is 6.04 Å². The standard InChI is InChI=1S/C14H18N2O4/c1-15-8-6-10(9-12(15)17)13(18)16-7-4-2-3-5-11(16)14(19)20/h6,8-9,11H,2-5,7H2,1H3,(H,19,20). The summed E-state index contributed by atoms with van der Waals surface area (Å²) < 4.78 is 1.37. The van der Waals surface area contributed by atoms with Crippen LogP contribution >= 0.6 is 0 Å². The predicted octanol–water partition coefficient (Wildman–Crippen LogP) is 0.855. The molecule has 1 amide bonds. The molecule has 108 valence electrons. The van der Waals surface area contributed by atoms with Crippen LogP contribution in [0.5, 0.6) is 0 Å². The van der Waals surface area contributed by atoms with Gasteiger partial charge in [0.2, 0.25) is 0 Å². The van der Waals surface area contributed by atoms with Crippen LogP contribution in [0, 0.1) is 0 Å². The zero-order chi connectivity index (χ0) is 14.7. The average molecular weight is 278 g/mol. The number of carbonyl (C=O) groups excluding carboxylic acids is 1. The van der Waals surface area contributed by atoms with E-state index in [2.05, 4.69) is 0 Å². The molecule has 1 unspecified atom stereocenters. The fourth-order valence-corrected chi connectivity index (χ4v) is 2.46. The molecule has 2 rings (SSSR count). The van der Waals surface area contributed by atoms with Crippen molar-refractivity contribution in [3.8, 4) is 0 Å². The summed E-state index contributed by atoms with van der Waals surface area (Å²) in [6.45, 7) is 0.422. The first-order valence-electron chi connectivity index (χ1n) is 6.71. The van der Waals surface area contributed by atoms with E-state index in [1.54, 1.807) is 13.1 Å². The molecule has 0 spiro atoms. The monoisotopic (exact) mass is 278 g/mol. The summed E-state index contributed by atoms with van der Waals surface area (Å²) in [5.41, 5.74) is -0.0289. The SMILES string of the molecule is Cn1ccc(C(=O)N2CCCCCC2C(=O)O)cc1=O. The van der Waals surface area contributed by atoms with E-state index in [0.717, 1.165) is 19.3 Å². The summed E-state index contributed by atoms with van der Waals surface area (Å²) in [5, 5.41) is 9.27. The quantitative estimate of drug-likeness (QED) is 0.870. The Kier molecular flexibility index (Phi) is 4.22. The van der Waals surface area contributed by atoms with Gasteiger partial charge in [-0.05, 0) is 18.9 Å². The minimum absolute atomic E-state index is 0.251. The number of carboxylic acids is 1. The number of aromatic nitrogens is 1. The smallest absolute Gasteiger partial charge is 0.326 e. The Morgan fingerprint density at radius 3 is 2.70 bits per heavy atom. The third-order valence-electron chi connectivity index (χ3n) is 3.65. The number of aryl methyl sites for hydroxylation is 1. The molecule has 1 fully saturated rings. The Morgan fingerprint density at radius 1 is 1.30 bits per heavy atom. The highest BCUT2D eigenvalue weighted by atomic mass is 16.4. The van der Waals surface area contributed by atoms with Gasteiger partial charge in [-0.25, -0.2) is 4.79 Å². The molecular weight excluding hydrogens is 260 g/mol. The number of hydrogen-bond acceptors (Lipinski definition) is 3. The fourth-order valence-electron chi connectivity index (χ4n) is 2.46. The van der Waals surface area contributed by atoms with Gasteiger partial charge in [0, 0.05) is 31.4 Å². The third kappa shape index (κ3) is 2.89. The second-order valence-corrected chi connectivity index (χ2v) is 5.07. The van der Waals surface area contributed by atoms with Gasteiger partial charge in [-0.3, -0.25) is 9.59 Å². The largest absolute Gasteiger partial charge is 0.480 e. The maximum Gasteiger partial charge on any atom is 0.326 e. The second-order valence-electron chi connectivity index (χ2n) is 5.07. The first-order valence-corrected chi connectivity index (χ1v) is 6.71. The summed E-state index contributed by atoms with van der Waals surface area (Å²) in [4.78, 5) is 36.7. The van der Waals surface area contributed by atoms with Crippen LogP contribution in [0.25, 0.3) is 0 Å². The van der Waals surface area contributed by atoms with Crippen LogP contribution in [0.4, 0.5) is 0 Å². The predicted molar refractivity (Wildman–Crippen MR) is 72.6 cm³/mol. The number of amides is 1. The highest BCUT2D eigenvalue weighted by Crippen LogP contribution is 2.19. The molecule has 1 atom stereocenters. The van der Waals surface area contributed by atoms with Gasteiger partial charge in [-0.2, -0.15) is 0 Å². The molecule has 1 saturated heterocycles. The van der Waals surface area contributed by atoms with Gasteiger partial charge in [-0.1, -0.05) is 12.8 Å². The molecule has 1 aliphatic heterocycles. The molecule has 0 aromatic carbocycles. The molecule has 6 heteroatoms. The number of hydrogen-bond donors (Lipinski definition) is 1. The molecule has 1 aliphatic rings. The Hall–Kier alpha value is -2.11. The molecule has 1 aromatic heterocycles. The van der Waals surface area contributed by atoms with E-state index in [9.17, 15) is 19.5 Å². The average Bonchev–Trinajstić information content (AvgIpc) is 2.66. The van der Waals surface area contributed by atoms with Crippen LogP contribution in [0.2, 0.25) is 0 Å². The fraction of sp³-hybridized carbons (Fsp3) is 0.500. The molecule has 2 heterocycles. The van der Waals surface area contributed by atoms with Crippen LogP contribution in [0.3, 0.4) is 0 Å². The highest BCUT2D eigenvalue weighted by molar-refractivity contribution is 5.96. The van der Waals surface area contributed by atoms with Crippen LogP contribution in [-0.2, 0) is 11.8 Å². The second kappa shape index (κ2) is 5.90. The zero-order valence-electron chi connectivity index (χ0n) is 11.4. The lowest BCUT2D eigenvalue weighted by molar-refractivity contribution is -0.142. The maximum absolute atomic E-state index is 12.4. The lowest BCUT2D eigenvalue weighted by atomic mass is 10.1. The van der Waals surface area contributed by atoms with Crippen molar-refractivity contribution in [2.75, 3.05) is 6.54 Å². The Bertz CT molecular complexity index is 579. The first-order chi connectivity index (χ1) is 9.50. The minimum atomic E-state index is -0.982. The van der Waals surface area contributed by atoms with E-state index in [1.807, 2.05) is 0 Å². The molecule has 1 aromatic rings. The molecule has 0 bridgehead atoms. The lowest BCUT2D eigenvalue weighted by Crippen LogP contribution is -2.45. The highest BCUT2D eigenvalue weighted by Gasteiger charge is 2.31. The zero-order valence-corrected chi connectivity index (χ0v) is 11.4. The van der Waals surface area contributed by atoms with Crippen molar-refractivity contribution < 1.29 is 14.7 Å². The van der Waals surface area contributed by atoms with Gasteiger partial charge in [0.05, 0.1) is 0 Å². The number of pyridine rings is 1. The molecule has 1 N–H and O–H groups in total. The summed E-state index contributed by atoms with van der Waals surface area (Å²) in [6, 6.07) is 2.01. The van der Waals surface area contributed by atoms with E-state index in [4.69, 9.17) is 0 Å². The summed E-state index contributed by atoms with van der Waals surface area (Å²) in [5.74, 6) is -1.36. The van der Waals surface area contributed by atoms with E-state index in [-0.39, 0.29) is 17.0 Å². The van der Waals surface area contributed by atoms with Gasteiger partial charge >= 0.3 is 5.97 Å². The van der Waals surface area contributed by atoms with Crippen molar-refractivity contribution in [1.29, 1.82) is 0 Å². The molecule has 0 aliphatic carbocycles. The number of likely N-dealkylation sites (tertiary alicyclic amines) is 1. The van der Waals surface area contributed by atoms with Crippen LogP contribution in [-0.4, -0.2) is 39.0 Å². The van der Waals surface area contributed by atoms with Gasteiger partial charge in [-0.15, -0.1) is 0 Å². The lowest BCUT2D eigenvalue weighted by Gasteiger charge is -2.27. The minimum Gasteiger partial charge on any atom is -0.480 e. The number of nitrogens with zero attached hydrogens (tertiary/aromatic N) is 2. The third-order valence-corrected chi connectivity index (χ3v) is 3.65. The number of rotatable bonds is 2. The first kappa shape index (κ1) is 14.3. The topological polar surface area (TPSA) is 79.6 Å². The molecular formula is C14H18N2O4. The number of carboxylic acid groups (broad SMARTS) is 1. The van der Waals surface area contributed by atoms with Crippen molar-refractivity contribution in [2.24, 2.45) is 7.05 Å². The van der Waals surface area contributed by atoms with Crippen molar-refractivity contribution in [2.45, 2.75) is 31.7 Å². The number of aliphatic carboxylic acids is 1. The van der Waals surface area contributed by atoms with Crippen LogP contribution < -0.4 is 5.56 Å². The van der Waals surface area contributed by atoms with E-state index in [1.165, 1.54) is 21.7 Å². The van der Waals surface area contributed by atoms with E-state index in [0.29, 0.717) is 13.0 Å². The number of carbonyl (C=O) groups is 2. The molecule has 0 saturated carbocycles. The van der Waals surface area contributed by atoms with Crippen molar-refractivity contribution >= 4 is 11.9 Å². The Balaban J connectivity index is 2.30. The normalized spacial score (nSPS) is 19.4. The molecule has 6 nitrogen and oxygen atoms in total. The van der Waals surface area contributed by atoms with E-state index >= 15 is 0 Å². The Labute approximate surface area is 116 Å². The Morgan fingerprint density at radius 2 is 2.05 bits per heavy atom. The summed E-state index contributed by atoms with van der Waals surface area (Å²) in [7, 11) is 1.60. The molecule has 20 heavy (non-hydrogen) atoms. The van der Waals surface area contributed by atoms with Gasteiger partial charge in [0.25, 0.3) is 11.5 Å². The van der Waals surface area contributed by atoms with Crippen LogP contribution in [0.1, 0.15) is 36.0 Å².